The van der Waals surface area contributed by atoms with Gasteiger partial charge in [0.2, 0.25) is 6.35 Å². The summed E-state index contributed by atoms with van der Waals surface area (Å²) in [5.74, 6) is 0. The molecule has 0 aliphatic carbocycles. The molecule has 2 nitrogen and oxygen atoms in total. The third-order valence-electron chi connectivity index (χ3n) is 1.92. The molecule has 0 rings (SSSR count). The summed E-state index contributed by atoms with van der Waals surface area (Å²) in [5.41, 5.74) is 0.245. The fraction of sp³-hybridized carbons (Fsp3) is 1.00. The second kappa shape index (κ2) is 6.56. The molecule has 12 heavy (non-hydrogen) atoms. The molecule has 0 spiro atoms. The molecule has 0 aliphatic heterocycles. The van der Waals surface area contributed by atoms with Gasteiger partial charge in [0.25, 0.3) is 0 Å². The van der Waals surface area contributed by atoms with E-state index in [-0.39, 0.29) is 5.66 Å². The average Bonchev–Trinajstić information content (AvgIpc) is 2.05. The Morgan fingerprint density at radius 3 is 2.08 bits per heavy atom. The fourth-order valence-electron chi connectivity index (χ4n) is 0.852. The van der Waals surface area contributed by atoms with Crippen molar-refractivity contribution in [3.63, 3.8) is 0 Å². The van der Waals surface area contributed by atoms with E-state index in [9.17, 15) is 4.57 Å². The van der Waals surface area contributed by atoms with Crippen LogP contribution in [0.1, 0.15) is 40.5 Å². The van der Waals surface area contributed by atoms with Crippen LogP contribution in [0.15, 0.2) is 0 Å². The predicted molar refractivity (Wildman–Crippen MR) is 53.1 cm³/mol. The minimum Gasteiger partial charge on any atom is -0.334 e. The zero-order valence-corrected chi connectivity index (χ0v) is 9.43. The zero-order chi connectivity index (χ0) is 9.56. The van der Waals surface area contributed by atoms with Crippen molar-refractivity contribution in [1.82, 2.24) is 0 Å². The van der Waals surface area contributed by atoms with Gasteiger partial charge in [0.1, 0.15) is 0 Å². The summed E-state index contributed by atoms with van der Waals surface area (Å²) in [7, 11) is -1.16. The Kier molecular flexibility index (Phi) is 6.60. The van der Waals surface area contributed by atoms with Gasteiger partial charge < -0.3 is 4.74 Å². The highest BCUT2D eigenvalue weighted by atomic mass is 31.1. The molecule has 0 aliphatic rings. The van der Waals surface area contributed by atoms with Crippen molar-refractivity contribution < 1.29 is 9.30 Å². The maximum atomic E-state index is 11.3. The molecule has 0 bridgehead atoms. The lowest BCUT2D eigenvalue weighted by Crippen LogP contribution is -2.10. The summed E-state index contributed by atoms with van der Waals surface area (Å²) >= 11 is 0. The minimum atomic E-state index is -1.16. The van der Waals surface area contributed by atoms with Crippen LogP contribution in [0.4, 0.5) is 0 Å². The quantitative estimate of drug-likeness (QED) is 0.601. The Balaban J connectivity index is 3.59. The van der Waals surface area contributed by atoms with Crippen LogP contribution in [-0.2, 0) is 9.30 Å². The first-order valence-electron chi connectivity index (χ1n) is 4.67. The third-order valence-corrected chi connectivity index (χ3v) is 3.48. The van der Waals surface area contributed by atoms with Gasteiger partial charge in [0, 0.05) is 0 Å². The Morgan fingerprint density at radius 2 is 1.75 bits per heavy atom. The minimum absolute atomic E-state index is 0.245. The summed E-state index contributed by atoms with van der Waals surface area (Å²) in [6.07, 6.45) is 2.75. The van der Waals surface area contributed by atoms with Crippen LogP contribution >= 0.6 is 7.80 Å². The van der Waals surface area contributed by atoms with E-state index in [1.54, 1.807) is 0 Å². The van der Waals surface area contributed by atoms with E-state index >= 15 is 0 Å². The molecule has 0 amide bonds. The van der Waals surface area contributed by atoms with Crippen molar-refractivity contribution in [2.45, 2.75) is 52.3 Å². The average molecular weight is 191 g/mol. The Morgan fingerprint density at radius 1 is 1.25 bits per heavy atom. The molecular formula is C9H20O2P+. The first-order chi connectivity index (χ1) is 5.61. The van der Waals surface area contributed by atoms with E-state index in [2.05, 4.69) is 13.8 Å². The van der Waals surface area contributed by atoms with Crippen molar-refractivity contribution in [2.24, 2.45) is 0 Å². The number of rotatable bonds is 6. The van der Waals surface area contributed by atoms with Crippen molar-refractivity contribution in [3.8, 4) is 0 Å². The van der Waals surface area contributed by atoms with Crippen molar-refractivity contribution >= 4 is 7.80 Å². The second-order valence-electron chi connectivity index (χ2n) is 3.25. The van der Waals surface area contributed by atoms with Gasteiger partial charge in [0.05, 0.1) is 6.10 Å². The van der Waals surface area contributed by atoms with Gasteiger partial charge in [0.15, 0.2) is 5.66 Å². The van der Waals surface area contributed by atoms with Crippen LogP contribution in [0.5, 0.6) is 0 Å². The highest BCUT2D eigenvalue weighted by Crippen LogP contribution is 2.27. The maximum absolute atomic E-state index is 11.3. The van der Waals surface area contributed by atoms with Gasteiger partial charge in [-0.15, -0.1) is 0 Å². The highest BCUT2D eigenvalue weighted by Gasteiger charge is 2.21. The molecule has 0 saturated carbocycles. The first-order valence-corrected chi connectivity index (χ1v) is 6.18. The normalized spacial score (nSPS) is 12.7. The lowest BCUT2D eigenvalue weighted by Gasteiger charge is -2.09. The van der Waals surface area contributed by atoms with Gasteiger partial charge in [-0.25, -0.2) is 0 Å². The molecule has 1 atom stereocenters. The highest BCUT2D eigenvalue weighted by molar-refractivity contribution is 7.45. The summed E-state index contributed by atoms with van der Waals surface area (Å²) in [5, 5.41) is 0. The Hall–Kier alpha value is 0.0600. The predicted octanol–water partition coefficient (Wildman–Crippen LogP) is 3.38. The molecule has 3 heteroatoms. The zero-order valence-electron chi connectivity index (χ0n) is 8.54. The monoisotopic (exact) mass is 191 g/mol. The molecule has 0 saturated heterocycles. The van der Waals surface area contributed by atoms with Crippen LogP contribution in [0.25, 0.3) is 0 Å². The van der Waals surface area contributed by atoms with Crippen molar-refractivity contribution in [2.75, 3.05) is 6.35 Å². The van der Waals surface area contributed by atoms with E-state index in [4.69, 9.17) is 4.74 Å². The number of hydrogen-bond donors (Lipinski definition) is 0. The summed E-state index contributed by atoms with van der Waals surface area (Å²) < 4.78 is 16.8. The molecule has 1 unspecified atom stereocenters. The van der Waals surface area contributed by atoms with E-state index in [1.165, 1.54) is 0 Å². The maximum Gasteiger partial charge on any atom is 0.369 e. The second-order valence-corrected chi connectivity index (χ2v) is 5.37. The van der Waals surface area contributed by atoms with Crippen LogP contribution in [0.3, 0.4) is 0 Å². The number of ether oxygens (including phenoxy) is 1. The standard InChI is InChI=1S/C9H20O2P/c1-5-9(6-2)11-7-12(10)8(3)4/h8-9H,5-7H2,1-4H3/q+1. The molecule has 0 aromatic carbocycles. The SMILES string of the molecule is CCC(CC)OC[P+](=O)C(C)C. The Bertz CT molecular complexity index is 130. The van der Waals surface area contributed by atoms with Crippen molar-refractivity contribution in [1.29, 1.82) is 0 Å². The van der Waals surface area contributed by atoms with Crippen LogP contribution in [-0.4, -0.2) is 18.1 Å². The third kappa shape index (κ3) is 4.84. The topological polar surface area (TPSA) is 26.3 Å². The molecule has 0 heterocycles. The van der Waals surface area contributed by atoms with E-state index in [1.807, 2.05) is 13.8 Å². The smallest absolute Gasteiger partial charge is 0.334 e. The van der Waals surface area contributed by atoms with Crippen LogP contribution in [0, 0.1) is 0 Å². The van der Waals surface area contributed by atoms with Gasteiger partial charge in [-0.05, 0) is 26.7 Å². The van der Waals surface area contributed by atoms with Crippen LogP contribution in [0.2, 0.25) is 0 Å². The van der Waals surface area contributed by atoms with E-state index < -0.39 is 7.80 Å². The molecule has 0 N–H and O–H groups in total. The molecule has 0 aromatic heterocycles. The largest absolute Gasteiger partial charge is 0.369 e. The van der Waals surface area contributed by atoms with Gasteiger partial charge >= 0.3 is 7.80 Å². The van der Waals surface area contributed by atoms with Gasteiger partial charge in [-0.1, -0.05) is 18.4 Å². The first kappa shape index (κ1) is 12.1. The summed E-state index contributed by atoms with van der Waals surface area (Å²) in [6, 6.07) is 0. The molecule has 0 aromatic rings. The van der Waals surface area contributed by atoms with Gasteiger partial charge in [-0.3, -0.25) is 0 Å². The number of hydrogen-bond acceptors (Lipinski definition) is 2. The molecule has 72 valence electrons. The summed E-state index contributed by atoms with van der Waals surface area (Å²) in [6.45, 7) is 8.12. The lowest BCUT2D eigenvalue weighted by atomic mass is 10.2. The lowest BCUT2D eigenvalue weighted by molar-refractivity contribution is 0.0805. The van der Waals surface area contributed by atoms with Crippen LogP contribution < -0.4 is 0 Å². The van der Waals surface area contributed by atoms with Crippen molar-refractivity contribution in [3.05, 3.63) is 0 Å². The molecular weight excluding hydrogens is 171 g/mol. The molecule has 0 radical (unpaired) electrons. The molecule has 0 fully saturated rings. The Labute approximate surface area is 76.5 Å². The van der Waals surface area contributed by atoms with Gasteiger partial charge in [-0.2, -0.15) is 0 Å². The van der Waals surface area contributed by atoms with E-state index in [0.717, 1.165) is 12.8 Å². The fourth-order valence-corrected chi connectivity index (χ4v) is 1.51. The van der Waals surface area contributed by atoms with E-state index in [0.29, 0.717) is 12.5 Å². The summed E-state index contributed by atoms with van der Waals surface area (Å²) in [4.78, 5) is 0.